The van der Waals surface area contributed by atoms with Gasteiger partial charge >= 0.3 is 0 Å². The number of sulfonamides is 1. The molecule has 1 amide bonds. The van der Waals surface area contributed by atoms with Crippen LogP contribution in [0.1, 0.15) is 33.1 Å². The number of carbonyl (C=O) groups excluding carboxylic acids is 1. The molecular weight excluding hydrogens is 371 g/mol. The molecule has 5 nitrogen and oxygen atoms in total. The van der Waals surface area contributed by atoms with E-state index in [1.54, 1.807) is 6.07 Å². The summed E-state index contributed by atoms with van der Waals surface area (Å²) in [4.78, 5) is 12.3. The van der Waals surface area contributed by atoms with E-state index in [0.717, 1.165) is 6.42 Å². The highest BCUT2D eigenvalue weighted by atomic mass is 35.5. The van der Waals surface area contributed by atoms with E-state index in [4.69, 9.17) is 23.2 Å². The fraction of sp³-hybridized carbons (Fsp3) is 0.562. The summed E-state index contributed by atoms with van der Waals surface area (Å²) in [5.41, 5.74) is 0. The molecule has 0 aromatic heterocycles. The summed E-state index contributed by atoms with van der Waals surface area (Å²) >= 11 is 12.0. The largest absolute Gasteiger partial charge is 0.353 e. The van der Waals surface area contributed by atoms with Crippen molar-refractivity contribution >= 4 is 39.1 Å². The number of hydrogen-bond acceptors (Lipinski definition) is 3. The van der Waals surface area contributed by atoms with Gasteiger partial charge in [0.2, 0.25) is 15.9 Å². The zero-order chi connectivity index (χ0) is 17.9. The zero-order valence-electron chi connectivity index (χ0n) is 13.8. The van der Waals surface area contributed by atoms with Crippen molar-refractivity contribution in [3.8, 4) is 0 Å². The molecule has 1 N–H and O–H groups in total. The van der Waals surface area contributed by atoms with Crippen molar-refractivity contribution in [3.05, 3.63) is 28.2 Å². The number of halogens is 2. The van der Waals surface area contributed by atoms with E-state index in [1.165, 1.54) is 16.4 Å². The molecule has 1 aliphatic rings. The fourth-order valence-corrected chi connectivity index (χ4v) is 4.91. The van der Waals surface area contributed by atoms with Gasteiger partial charge in [0.05, 0.1) is 10.9 Å². The van der Waals surface area contributed by atoms with Gasteiger partial charge in [-0.1, -0.05) is 30.1 Å². The van der Waals surface area contributed by atoms with Crippen LogP contribution >= 0.6 is 23.2 Å². The topological polar surface area (TPSA) is 66.5 Å². The molecule has 1 saturated heterocycles. The molecule has 0 saturated carbocycles. The van der Waals surface area contributed by atoms with Crippen LogP contribution in [-0.4, -0.2) is 37.8 Å². The van der Waals surface area contributed by atoms with Crippen molar-refractivity contribution in [2.45, 2.75) is 44.0 Å². The van der Waals surface area contributed by atoms with Gasteiger partial charge in [0.1, 0.15) is 4.90 Å². The van der Waals surface area contributed by atoms with Crippen LogP contribution in [0.2, 0.25) is 10.0 Å². The molecule has 1 heterocycles. The summed E-state index contributed by atoms with van der Waals surface area (Å²) in [5, 5.41) is 3.36. The Kier molecular flexibility index (Phi) is 6.53. The molecule has 0 spiro atoms. The minimum atomic E-state index is -3.78. The molecule has 24 heavy (non-hydrogen) atoms. The first-order valence-corrected chi connectivity index (χ1v) is 10.2. The van der Waals surface area contributed by atoms with E-state index < -0.39 is 10.0 Å². The van der Waals surface area contributed by atoms with Gasteiger partial charge in [-0.25, -0.2) is 8.42 Å². The molecular formula is C16H22Cl2N2O3S. The second-order valence-electron chi connectivity index (χ2n) is 6.09. The van der Waals surface area contributed by atoms with Gasteiger partial charge in [0, 0.05) is 24.2 Å². The first kappa shape index (κ1) is 19.5. The van der Waals surface area contributed by atoms with E-state index in [2.05, 4.69) is 5.32 Å². The number of carbonyl (C=O) groups is 1. The molecule has 1 aliphatic heterocycles. The Morgan fingerprint density at radius 3 is 2.79 bits per heavy atom. The Hall–Kier alpha value is -0.820. The smallest absolute Gasteiger partial charge is 0.244 e. The quantitative estimate of drug-likeness (QED) is 0.835. The standard InChI is InChI=1S/C16H22Cl2N2O3S/c1-3-11(2)19-16(21)12-5-4-8-20(10-12)24(22,23)15-9-13(17)6-7-14(15)18/h6-7,9,11-12H,3-5,8,10H2,1-2H3,(H,19,21)/t11-,12+/m1/s1. The molecule has 0 unspecified atom stereocenters. The minimum Gasteiger partial charge on any atom is -0.353 e. The number of piperidine rings is 1. The summed E-state index contributed by atoms with van der Waals surface area (Å²) in [7, 11) is -3.78. The number of nitrogens with one attached hydrogen (secondary N) is 1. The van der Waals surface area contributed by atoms with Crippen LogP contribution in [0.3, 0.4) is 0 Å². The summed E-state index contributed by atoms with van der Waals surface area (Å²) in [6.45, 7) is 4.45. The highest BCUT2D eigenvalue weighted by molar-refractivity contribution is 7.89. The predicted octanol–water partition coefficient (Wildman–Crippen LogP) is 3.31. The van der Waals surface area contributed by atoms with E-state index in [9.17, 15) is 13.2 Å². The molecule has 1 fully saturated rings. The van der Waals surface area contributed by atoms with Crippen LogP contribution in [0, 0.1) is 5.92 Å². The van der Waals surface area contributed by atoms with E-state index in [1.807, 2.05) is 13.8 Å². The Labute approximate surface area is 153 Å². The molecule has 0 bridgehead atoms. The Morgan fingerprint density at radius 1 is 1.42 bits per heavy atom. The number of hydrogen-bond donors (Lipinski definition) is 1. The lowest BCUT2D eigenvalue weighted by molar-refractivity contribution is -0.126. The van der Waals surface area contributed by atoms with Gasteiger partial charge in [-0.05, 0) is 44.4 Å². The van der Waals surface area contributed by atoms with Crippen molar-refractivity contribution < 1.29 is 13.2 Å². The fourth-order valence-electron chi connectivity index (χ4n) is 2.65. The van der Waals surface area contributed by atoms with Gasteiger partial charge < -0.3 is 5.32 Å². The monoisotopic (exact) mass is 392 g/mol. The highest BCUT2D eigenvalue weighted by Crippen LogP contribution is 2.30. The molecule has 2 atom stereocenters. The van der Waals surface area contributed by atoms with Gasteiger partial charge in [-0.2, -0.15) is 4.31 Å². The maximum Gasteiger partial charge on any atom is 0.244 e. The average Bonchev–Trinajstić information content (AvgIpc) is 2.56. The molecule has 0 radical (unpaired) electrons. The van der Waals surface area contributed by atoms with Crippen molar-refractivity contribution in [1.29, 1.82) is 0 Å². The average molecular weight is 393 g/mol. The summed E-state index contributed by atoms with van der Waals surface area (Å²) in [6, 6.07) is 4.43. The lowest BCUT2D eigenvalue weighted by Crippen LogP contribution is -2.47. The summed E-state index contributed by atoms with van der Waals surface area (Å²) in [5.74, 6) is -0.443. The molecule has 8 heteroatoms. The first-order valence-electron chi connectivity index (χ1n) is 8.01. The van der Waals surface area contributed by atoms with Crippen LogP contribution in [0.4, 0.5) is 0 Å². The van der Waals surface area contributed by atoms with Crippen LogP contribution in [-0.2, 0) is 14.8 Å². The van der Waals surface area contributed by atoms with Gasteiger partial charge in [0.25, 0.3) is 0 Å². The summed E-state index contributed by atoms with van der Waals surface area (Å²) < 4.78 is 27.0. The predicted molar refractivity (Wildman–Crippen MR) is 95.8 cm³/mol. The normalized spacial score (nSPS) is 20.6. The third-order valence-corrected chi connectivity index (χ3v) is 6.85. The van der Waals surface area contributed by atoms with Crippen LogP contribution < -0.4 is 5.32 Å². The SMILES string of the molecule is CC[C@@H](C)NC(=O)[C@H]1CCCN(S(=O)(=O)c2cc(Cl)ccc2Cl)C1. The molecule has 2 rings (SSSR count). The van der Waals surface area contributed by atoms with E-state index >= 15 is 0 Å². The lowest BCUT2D eigenvalue weighted by atomic mass is 9.98. The van der Waals surface area contributed by atoms with Crippen LogP contribution in [0.15, 0.2) is 23.1 Å². The summed E-state index contributed by atoms with van der Waals surface area (Å²) in [6.07, 6.45) is 2.15. The second kappa shape index (κ2) is 8.04. The van der Waals surface area contributed by atoms with Crippen molar-refractivity contribution in [2.24, 2.45) is 5.92 Å². The number of rotatable bonds is 5. The van der Waals surface area contributed by atoms with Gasteiger partial charge in [0.15, 0.2) is 0 Å². The maximum absolute atomic E-state index is 12.9. The van der Waals surface area contributed by atoms with Crippen molar-refractivity contribution in [1.82, 2.24) is 9.62 Å². The van der Waals surface area contributed by atoms with E-state index in [0.29, 0.717) is 24.4 Å². The lowest BCUT2D eigenvalue weighted by Gasteiger charge is -2.32. The molecule has 1 aromatic carbocycles. The number of nitrogens with zero attached hydrogens (tertiary/aromatic N) is 1. The van der Waals surface area contributed by atoms with E-state index in [-0.39, 0.29) is 34.3 Å². The Bertz CT molecular complexity index is 709. The maximum atomic E-state index is 12.9. The van der Waals surface area contributed by atoms with Gasteiger partial charge in [-0.3, -0.25) is 4.79 Å². The van der Waals surface area contributed by atoms with Gasteiger partial charge in [-0.15, -0.1) is 0 Å². The van der Waals surface area contributed by atoms with Crippen molar-refractivity contribution in [3.63, 3.8) is 0 Å². The molecule has 1 aromatic rings. The Balaban J connectivity index is 2.19. The highest BCUT2D eigenvalue weighted by Gasteiger charge is 2.34. The van der Waals surface area contributed by atoms with Crippen LogP contribution in [0.5, 0.6) is 0 Å². The third-order valence-electron chi connectivity index (χ3n) is 4.27. The zero-order valence-corrected chi connectivity index (χ0v) is 16.1. The molecule has 0 aliphatic carbocycles. The number of amides is 1. The minimum absolute atomic E-state index is 0.0142. The second-order valence-corrected chi connectivity index (χ2v) is 8.84. The molecule has 134 valence electrons. The van der Waals surface area contributed by atoms with Crippen LogP contribution in [0.25, 0.3) is 0 Å². The first-order chi connectivity index (χ1) is 11.3. The number of benzene rings is 1. The third kappa shape index (κ3) is 4.42. The van der Waals surface area contributed by atoms with Crippen molar-refractivity contribution in [2.75, 3.05) is 13.1 Å². The Morgan fingerprint density at radius 2 is 2.12 bits per heavy atom.